The number of aryl methyl sites for hydroxylation is 1. The van der Waals surface area contributed by atoms with Gasteiger partial charge in [-0.2, -0.15) is 0 Å². The first-order valence-electron chi connectivity index (χ1n) is 11.1. The van der Waals surface area contributed by atoms with Gasteiger partial charge in [0.25, 0.3) is 0 Å². The minimum atomic E-state index is -0.0435. The Hall–Kier alpha value is -2.51. The van der Waals surface area contributed by atoms with Crippen molar-refractivity contribution in [2.75, 3.05) is 52.3 Å². The first-order valence-corrected chi connectivity index (χ1v) is 11.1. The smallest absolute Gasteiger partial charge is 0.246 e. The van der Waals surface area contributed by atoms with Gasteiger partial charge in [0.2, 0.25) is 5.91 Å². The summed E-state index contributed by atoms with van der Waals surface area (Å²) < 4.78 is 4.92. The van der Waals surface area contributed by atoms with E-state index < -0.39 is 0 Å². The fourth-order valence-electron chi connectivity index (χ4n) is 4.96. The predicted molar refractivity (Wildman–Crippen MR) is 122 cm³/mol. The van der Waals surface area contributed by atoms with Crippen molar-refractivity contribution in [2.45, 2.75) is 31.7 Å². The Morgan fingerprint density at radius 2 is 2.03 bits per heavy atom. The number of rotatable bonds is 7. The normalized spacial score (nSPS) is 24.8. The maximum Gasteiger partial charge on any atom is 0.246 e. The lowest BCUT2D eigenvalue weighted by Crippen LogP contribution is -2.56. The maximum absolute atomic E-state index is 11.8. The van der Waals surface area contributed by atoms with E-state index in [2.05, 4.69) is 45.4 Å². The van der Waals surface area contributed by atoms with Crippen LogP contribution in [0.5, 0.6) is 0 Å². The molecule has 3 saturated heterocycles. The van der Waals surface area contributed by atoms with Crippen molar-refractivity contribution < 1.29 is 9.53 Å². The van der Waals surface area contributed by atoms with Crippen molar-refractivity contribution in [3.8, 4) is 11.3 Å². The van der Waals surface area contributed by atoms with E-state index in [0.717, 1.165) is 42.3 Å². The predicted octanol–water partition coefficient (Wildman–Crippen LogP) is 2.46. The molecule has 1 N–H and O–H groups in total. The van der Waals surface area contributed by atoms with Crippen LogP contribution >= 0.6 is 0 Å². The average Bonchev–Trinajstić information content (AvgIpc) is 2.78. The molecule has 0 aliphatic carbocycles. The summed E-state index contributed by atoms with van der Waals surface area (Å²) >= 11 is 0. The van der Waals surface area contributed by atoms with Crippen molar-refractivity contribution >= 4 is 11.6 Å². The highest BCUT2D eigenvalue weighted by Crippen LogP contribution is 2.41. The molecule has 166 valence electrons. The van der Waals surface area contributed by atoms with Gasteiger partial charge in [-0.1, -0.05) is 12.1 Å². The summed E-state index contributed by atoms with van der Waals surface area (Å²) in [6, 6.07) is 11.1. The van der Waals surface area contributed by atoms with Crippen LogP contribution in [0, 0.1) is 12.8 Å². The number of piperidine rings is 3. The van der Waals surface area contributed by atoms with Gasteiger partial charge in [0.1, 0.15) is 12.4 Å². The standard InChI is InChI=1S/C24H33N5O2/c1-16-26-22(17-5-7-19(8-6-17)28(2)3)12-23(27-16)21-14-29-10-9-18(21)11-20(29)13-25-24(30)15-31-4/h5-8,12,18,20-21H,9-11,13-15H2,1-4H3,(H,25,30)/t18-,20+,21+/m0/s1. The van der Waals surface area contributed by atoms with Crippen LogP contribution in [0.2, 0.25) is 0 Å². The highest BCUT2D eigenvalue weighted by atomic mass is 16.5. The van der Waals surface area contributed by atoms with Crippen LogP contribution in [-0.2, 0) is 9.53 Å². The van der Waals surface area contributed by atoms with E-state index in [4.69, 9.17) is 14.7 Å². The highest BCUT2D eigenvalue weighted by molar-refractivity contribution is 5.77. The van der Waals surface area contributed by atoms with Gasteiger partial charge in [-0.15, -0.1) is 0 Å². The number of fused-ring (bicyclic) bond motifs is 3. The van der Waals surface area contributed by atoms with E-state index in [1.165, 1.54) is 12.1 Å². The molecule has 2 bridgehead atoms. The molecular formula is C24H33N5O2. The molecule has 5 rings (SSSR count). The van der Waals surface area contributed by atoms with Gasteiger partial charge in [0.15, 0.2) is 0 Å². The Bertz CT molecular complexity index is 915. The van der Waals surface area contributed by atoms with Crippen LogP contribution in [0.4, 0.5) is 5.69 Å². The van der Waals surface area contributed by atoms with Crippen LogP contribution in [0.25, 0.3) is 11.3 Å². The Balaban J connectivity index is 1.49. The Labute approximate surface area is 184 Å². The zero-order valence-corrected chi connectivity index (χ0v) is 19.0. The SMILES string of the molecule is COCC(=O)NC[C@H]1C[C@@H]2CCN1C[C@H]2c1cc(-c2ccc(N(C)C)cc2)nc(C)n1. The number of benzene rings is 1. The number of nitrogens with one attached hydrogen (secondary N) is 1. The second-order valence-electron chi connectivity index (χ2n) is 8.94. The molecule has 1 amide bonds. The molecule has 1 aromatic heterocycles. The van der Waals surface area contributed by atoms with Crippen LogP contribution in [0.15, 0.2) is 30.3 Å². The lowest BCUT2D eigenvalue weighted by atomic mass is 9.74. The van der Waals surface area contributed by atoms with Crippen LogP contribution in [0.1, 0.15) is 30.3 Å². The number of amides is 1. The minimum absolute atomic E-state index is 0.0435. The molecular weight excluding hydrogens is 390 g/mol. The molecule has 7 heteroatoms. The van der Waals surface area contributed by atoms with E-state index in [9.17, 15) is 4.79 Å². The van der Waals surface area contributed by atoms with E-state index in [1.54, 1.807) is 7.11 Å². The van der Waals surface area contributed by atoms with Gasteiger partial charge >= 0.3 is 0 Å². The van der Waals surface area contributed by atoms with E-state index in [0.29, 0.717) is 24.4 Å². The lowest BCUT2D eigenvalue weighted by Gasteiger charge is -2.49. The summed E-state index contributed by atoms with van der Waals surface area (Å²) in [4.78, 5) is 25.9. The number of aromatic nitrogens is 2. The zero-order valence-electron chi connectivity index (χ0n) is 19.0. The summed E-state index contributed by atoms with van der Waals surface area (Å²) in [5, 5.41) is 3.01. The number of methoxy groups -OCH3 is 1. The van der Waals surface area contributed by atoms with Crippen molar-refractivity contribution in [3.63, 3.8) is 0 Å². The topological polar surface area (TPSA) is 70.6 Å². The van der Waals surface area contributed by atoms with Crippen molar-refractivity contribution in [2.24, 2.45) is 5.92 Å². The number of carbonyl (C=O) groups excluding carboxylic acids is 1. The fourth-order valence-corrected chi connectivity index (χ4v) is 4.96. The van der Waals surface area contributed by atoms with Gasteiger partial charge in [0.05, 0.1) is 5.69 Å². The monoisotopic (exact) mass is 423 g/mol. The van der Waals surface area contributed by atoms with Crippen LogP contribution in [-0.4, -0.2) is 74.3 Å². The van der Waals surface area contributed by atoms with Gasteiger partial charge < -0.3 is 15.0 Å². The van der Waals surface area contributed by atoms with Gasteiger partial charge in [-0.05, 0) is 50.4 Å². The third kappa shape index (κ3) is 4.88. The summed E-state index contributed by atoms with van der Waals surface area (Å²) in [5.41, 5.74) is 4.44. The lowest BCUT2D eigenvalue weighted by molar-refractivity contribution is -0.125. The molecule has 1 unspecified atom stereocenters. The number of hydrogen-bond acceptors (Lipinski definition) is 6. The molecule has 3 aliphatic heterocycles. The van der Waals surface area contributed by atoms with E-state index in [1.807, 2.05) is 21.0 Å². The van der Waals surface area contributed by atoms with Crippen LogP contribution < -0.4 is 10.2 Å². The summed E-state index contributed by atoms with van der Waals surface area (Å²) in [6.07, 6.45) is 2.27. The van der Waals surface area contributed by atoms with E-state index in [-0.39, 0.29) is 12.5 Å². The number of ether oxygens (including phenoxy) is 1. The number of nitrogens with zero attached hydrogens (tertiary/aromatic N) is 4. The molecule has 0 spiro atoms. The Morgan fingerprint density at radius 3 is 2.68 bits per heavy atom. The minimum Gasteiger partial charge on any atom is -0.378 e. The van der Waals surface area contributed by atoms with Gasteiger partial charge in [-0.3, -0.25) is 9.69 Å². The molecule has 31 heavy (non-hydrogen) atoms. The third-order valence-corrected chi connectivity index (χ3v) is 6.61. The van der Waals surface area contributed by atoms with Gasteiger partial charge in [-0.25, -0.2) is 9.97 Å². The first kappa shape index (κ1) is 21.7. The summed E-state index contributed by atoms with van der Waals surface area (Å²) in [5.74, 6) is 1.79. The molecule has 4 heterocycles. The highest BCUT2D eigenvalue weighted by Gasteiger charge is 2.41. The third-order valence-electron chi connectivity index (χ3n) is 6.61. The molecule has 3 aliphatic rings. The summed E-state index contributed by atoms with van der Waals surface area (Å²) in [7, 11) is 5.64. The molecule has 4 atom stereocenters. The maximum atomic E-state index is 11.8. The fraction of sp³-hybridized carbons (Fsp3) is 0.542. The van der Waals surface area contributed by atoms with Crippen molar-refractivity contribution in [3.05, 3.63) is 41.9 Å². The summed E-state index contributed by atoms with van der Waals surface area (Å²) in [6.45, 7) is 4.88. The second-order valence-corrected chi connectivity index (χ2v) is 8.94. The number of carbonyl (C=O) groups is 1. The average molecular weight is 424 g/mol. The van der Waals surface area contributed by atoms with Crippen molar-refractivity contribution in [1.82, 2.24) is 20.2 Å². The second kappa shape index (κ2) is 9.32. The number of anilines is 1. The van der Waals surface area contributed by atoms with Crippen molar-refractivity contribution in [1.29, 1.82) is 0 Å². The zero-order chi connectivity index (χ0) is 22.0. The first-order chi connectivity index (χ1) is 14.9. The molecule has 7 nitrogen and oxygen atoms in total. The molecule has 0 radical (unpaired) electrons. The molecule has 3 fully saturated rings. The Morgan fingerprint density at radius 1 is 1.26 bits per heavy atom. The van der Waals surface area contributed by atoms with Crippen LogP contribution in [0.3, 0.4) is 0 Å². The quantitative estimate of drug-likeness (QED) is 0.738. The van der Waals surface area contributed by atoms with E-state index >= 15 is 0 Å². The Kier molecular flexibility index (Phi) is 6.53. The largest absolute Gasteiger partial charge is 0.378 e. The molecule has 1 aromatic carbocycles. The molecule has 0 saturated carbocycles. The number of hydrogen-bond donors (Lipinski definition) is 1. The van der Waals surface area contributed by atoms with Gasteiger partial charge in [0, 0.05) is 63.2 Å². The molecule has 2 aromatic rings.